The van der Waals surface area contributed by atoms with E-state index in [0.29, 0.717) is 5.56 Å². The quantitative estimate of drug-likeness (QED) is 0.695. The summed E-state index contributed by atoms with van der Waals surface area (Å²) in [4.78, 5) is 20.7. The van der Waals surface area contributed by atoms with Gasteiger partial charge in [-0.1, -0.05) is 12.1 Å². The minimum absolute atomic E-state index is 0.0141. The second-order valence-corrected chi connectivity index (χ2v) is 8.39. The van der Waals surface area contributed by atoms with Crippen molar-refractivity contribution in [3.8, 4) is 0 Å². The highest BCUT2D eigenvalue weighted by atomic mass is 32.2. The van der Waals surface area contributed by atoms with E-state index in [1.807, 2.05) is 30.1 Å². The Bertz CT molecular complexity index is 1010. The van der Waals surface area contributed by atoms with Crippen LogP contribution in [0, 0.1) is 0 Å². The van der Waals surface area contributed by atoms with Crippen molar-refractivity contribution in [1.29, 1.82) is 0 Å². The first-order valence-corrected chi connectivity index (χ1v) is 10.8. The van der Waals surface area contributed by atoms with Crippen molar-refractivity contribution in [3.05, 3.63) is 59.9 Å². The van der Waals surface area contributed by atoms with Crippen molar-refractivity contribution in [2.24, 2.45) is 7.05 Å². The van der Waals surface area contributed by atoms with E-state index in [-0.39, 0.29) is 11.9 Å². The lowest BCUT2D eigenvalue weighted by Crippen LogP contribution is -2.39. The highest BCUT2D eigenvalue weighted by Crippen LogP contribution is 2.33. The summed E-state index contributed by atoms with van der Waals surface area (Å²) in [6.07, 6.45) is 4.65. The lowest BCUT2D eigenvalue weighted by molar-refractivity contribution is 0.0597. The Balaban J connectivity index is 1.68. The minimum atomic E-state index is -1.04. The number of piperidine rings is 1. The van der Waals surface area contributed by atoms with Gasteiger partial charge in [0.15, 0.2) is 0 Å². The van der Waals surface area contributed by atoms with Crippen molar-refractivity contribution in [2.45, 2.75) is 30.2 Å². The number of nitrogens with zero attached hydrogens (tertiary/aromatic N) is 3. The zero-order valence-electron chi connectivity index (χ0n) is 15.6. The van der Waals surface area contributed by atoms with E-state index in [1.165, 1.54) is 0 Å². The summed E-state index contributed by atoms with van der Waals surface area (Å²) < 4.78 is 13.7. The van der Waals surface area contributed by atoms with Gasteiger partial charge in [-0.2, -0.15) is 0 Å². The fourth-order valence-electron chi connectivity index (χ4n) is 3.86. The molecule has 0 saturated carbocycles. The van der Waals surface area contributed by atoms with Crippen LogP contribution in [0.2, 0.25) is 0 Å². The Kier molecular flexibility index (Phi) is 4.83. The summed E-state index contributed by atoms with van der Waals surface area (Å²) in [5.41, 5.74) is 2.68. The third kappa shape index (κ3) is 3.30. The number of carbonyl (C=O) groups excluding carboxylic acids is 1. The van der Waals surface area contributed by atoms with Gasteiger partial charge < -0.3 is 9.47 Å². The molecular weight excluding hydrogens is 358 g/mol. The number of aromatic nitrogens is 2. The van der Waals surface area contributed by atoms with E-state index in [9.17, 15) is 9.00 Å². The minimum Gasteiger partial charge on any atom is -0.329 e. The average Bonchev–Trinajstić information content (AvgIpc) is 3.04. The van der Waals surface area contributed by atoms with Crippen LogP contribution in [0.4, 0.5) is 0 Å². The second kappa shape index (κ2) is 7.27. The summed E-state index contributed by atoms with van der Waals surface area (Å²) in [6, 6.07) is 15.2. The number of hydrogen-bond acceptors (Lipinski definition) is 3. The van der Waals surface area contributed by atoms with Gasteiger partial charge in [0.2, 0.25) is 0 Å². The Morgan fingerprint density at radius 2 is 1.85 bits per heavy atom. The van der Waals surface area contributed by atoms with Crippen LogP contribution in [0.3, 0.4) is 0 Å². The van der Waals surface area contributed by atoms with Crippen LogP contribution in [0.15, 0.2) is 53.4 Å². The maximum absolute atomic E-state index is 13.2. The van der Waals surface area contributed by atoms with Gasteiger partial charge in [-0.05, 0) is 55.7 Å². The van der Waals surface area contributed by atoms with E-state index in [1.54, 1.807) is 30.5 Å². The number of likely N-dealkylation sites (tertiary alicyclic amines) is 1. The molecule has 1 aromatic heterocycles. The topological polar surface area (TPSA) is 55.2 Å². The molecule has 5 nitrogen and oxygen atoms in total. The van der Waals surface area contributed by atoms with E-state index in [0.717, 1.165) is 47.6 Å². The molecule has 1 fully saturated rings. The molecule has 2 atom stereocenters. The second-order valence-electron chi connectivity index (χ2n) is 7.01. The van der Waals surface area contributed by atoms with Crippen LogP contribution in [-0.4, -0.2) is 37.4 Å². The van der Waals surface area contributed by atoms with E-state index in [2.05, 4.69) is 10.6 Å². The van der Waals surface area contributed by atoms with Gasteiger partial charge in [0, 0.05) is 41.1 Å². The van der Waals surface area contributed by atoms with Crippen molar-refractivity contribution >= 4 is 27.7 Å². The van der Waals surface area contributed by atoms with Gasteiger partial charge >= 0.3 is 0 Å². The van der Waals surface area contributed by atoms with Crippen LogP contribution in [0.5, 0.6) is 0 Å². The maximum Gasteiger partial charge on any atom is 0.254 e. The van der Waals surface area contributed by atoms with Gasteiger partial charge in [0.25, 0.3) is 5.91 Å². The molecular formula is C21H23N3O2S. The third-order valence-corrected chi connectivity index (χ3v) is 6.25. The zero-order valence-corrected chi connectivity index (χ0v) is 16.4. The molecule has 4 rings (SSSR count). The van der Waals surface area contributed by atoms with Crippen LogP contribution in [0.1, 0.15) is 41.5 Å². The molecule has 0 N–H and O–H groups in total. The number of aryl methyl sites for hydroxylation is 1. The summed E-state index contributed by atoms with van der Waals surface area (Å²) in [5, 5.41) is 0. The van der Waals surface area contributed by atoms with Crippen molar-refractivity contribution < 1.29 is 9.00 Å². The normalized spacial score (nSPS) is 18.6. The van der Waals surface area contributed by atoms with Crippen LogP contribution >= 0.6 is 0 Å². The van der Waals surface area contributed by atoms with Gasteiger partial charge in [0.1, 0.15) is 5.82 Å². The highest BCUT2D eigenvalue weighted by Gasteiger charge is 2.31. The van der Waals surface area contributed by atoms with E-state index in [4.69, 9.17) is 4.98 Å². The van der Waals surface area contributed by atoms with Crippen molar-refractivity contribution in [3.63, 3.8) is 0 Å². The molecule has 0 aliphatic carbocycles. The van der Waals surface area contributed by atoms with Crippen LogP contribution in [0.25, 0.3) is 11.0 Å². The van der Waals surface area contributed by atoms with Crippen molar-refractivity contribution in [1.82, 2.24) is 14.5 Å². The molecule has 1 aliphatic rings. The lowest BCUT2D eigenvalue weighted by atomic mass is 10.00. The molecule has 0 radical (unpaired) electrons. The average molecular weight is 382 g/mol. The Morgan fingerprint density at radius 3 is 2.56 bits per heavy atom. The lowest BCUT2D eigenvalue weighted by Gasteiger charge is -2.35. The number of para-hydroxylation sites is 2. The molecule has 1 saturated heterocycles. The van der Waals surface area contributed by atoms with E-state index < -0.39 is 10.8 Å². The monoisotopic (exact) mass is 381 g/mol. The Hall–Kier alpha value is -2.47. The first-order valence-electron chi connectivity index (χ1n) is 9.22. The number of carbonyl (C=O) groups is 1. The molecule has 27 heavy (non-hydrogen) atoms. The molecule has 2 heterocycles. The molecule has 1 aliphatic heterocycles. The van der Waals surface area contributed by atoms with Gasteiger partial charge in [0.05, 0.1) is 17.1 Å². The van der Waals surface area contributed by atoms with Crippen LogP contribution < -0.4 is 0 Å². The van der Waals surface area contributed by atoms with Crippen LogP contribution in [-0.2, 0) is 17.8 Å². The summed E-state index contributed by atoms with van der Waals surface area (Å²) in [7, 11) is 0.979. The zero-order chi connectivity index (χ0) is 19.0. The predicted octanol–water partition coefficient (Wildman–Crippen LogP) is 3.68. The fourth-order valence-corrected chi connectivity index (χ4v) is 4.38. The largest absolute Gasteiger partial charge is 0.329 e. The number of amides is 1. The number of benzene rings is 2. The van der Waals surface area contributed by atoms with E-state index >= 15 is 0 Å². The number of fused-ring (bicyclic) bond motifs is 1. The molecule has 0 spiro atoms. The Labute approximate surface area is 161 Å². The molecule has 140 valence electrons. The number of imidazole rings is 1. The summed E-state index contributed by atoms with van der Waals surface area (Å²) in [6.45, 7) is 0.730. The first-order chi connectivity index (χ1) is 13.1. The smallest absolute Gasteiger partial charge is 0.254 e. The maximum atomic E-state index is 13.2. The third-order valence-electron chi connectivity index (χ3n) is 5.32. The molecule has 0 unspecified atom stereocenters. The molecule has 0 bridgehead atoms. The molecule has 6 heteroatoms. The summed E-state index contributed by atoms with van der Waals surface area (Å²) in [5.74, 6) is 0.954. The standard InChI is InChI=1S/C21H23N3O2S/c1-23-18-8-4-3-7-17(18)22-20(23)19-9-5-6-14-24(19)21(25)15-10-12-16(13-11-15)27(2)26/h3-4,7-8,10-13,19H,5-6,9,14H2,1-2H3/t19-,27-/m0/s1. The van der Waals surface area contributed by atoms with Gasteiger partial charge in [-0.15, -0.1) is 0 Å². The van der Waals surface area contributed by atoms with Gasteiger partial charge in [-0.3, -0.25) is 9.00 Å². The highest BCUT2D eigenvalue weighted by molar-refractivity contribution is 7.84. The van der Waals surface area contributed by atoms with Gasteiger partial charge in [-0.25, -0.2) is 4.98 Å². The summed E-state index contributed by atoms with van der Waals surface area (Å²) >= 11 is 0. The predicted molar refractivity (Wildman–Crippen MR) is 107 cm³/mol. The number of hydrogen-bond donors (Lipinski definition) is 0. The van der Waals surface area contributed by atoms with Crippen molar-refractivity contribution in [2.75, 3.05) is 12.8 Å². The fraction of sp³-hybridized carbons (Fsp3) is 0.333. The molecule has 2 aromatic carbocycles. The first kappa shape index (κ1) is 17.9. The molecule has 3 aromatic rings. The SMILES string of the molecule is Cn1c([C@@H]2CCCCN2C(=O)c2ccc([S@](C)=O)cc2)nc2ccccc21. The molecule has 1 amide bonds. The Morgan fingerprint density at radius 1 is 1.11 bits per heavy atom. The number of rotatable bonds is 3.